The van der Waals surface area contributed by atoms with Crippen molar-refractivity contribution in [3.05, 3.63) is 75.7 Å². The van der Waals surface area contributed by atoms with Gasteiger partial charge in [0.25, 0.3) is 5.91 Å². The molecule has 0 saturated carbocycles. The number of anilines is 1. The number of nitrogens with zero attached hydrogens (tertiary/aromatic N) is 3. The number of halogens is 2. The second-order valence-electron chi connectivity index (χ2n) is 5.22. The van der Waals surface area contributed by atoms with Gasteiger partial charge in [-0.15, -0.1) is 0 Å². The van der Waals surface area contributed by atoms with E-state index in [1.165, 1.54) is 6.20 Å². The molecule has 1 N–H and O–H groups in total. The molecule has 24 heavy (non-hydrogen) atoms. The maximum atomic E-state index is 12.3. The fourth-order valence-electron chi connectivity index (χ4n) is 2.19. The predicted octanol–water partition coefficient (Wildman–Crippen LogP) is 4.19. The van der Waals surface area contributed by atoms with Gasteiger partial charge in [0.05, 0.1) is 18.3 Å². The predicted molar refractivity (Wildman–Crippen MR) is 94.7 cm³/mol. The Bertz CT molecular complexity index is 854. The highest BCUT2D eigenvalue weighted by molar-refractivity contribution is 6.36. The molecule has 3 rings (SSSR count). The smallest absolute Gasteiger partial charge is 0.258 e. The van der Waals surface area contributed by atoms with Gasteiger partial charge >= 0.3 is 0 Å². The summed E-state index contributed by atoms with van der Waals surface area (Å²) in [5.41, 5.74) is 2.08. The first kappa shape index (κ1) is 16.5. The molecule has 2 heterocycles. The standard InChI is InChI=1S/C17H14Cl2N4O/c1-11-5-6-12(9-20-11)17(24)22-16-7-8-21-23(16)10-13-14(18)3-2-4-15(13)19/h2-9H,10H2,1H3,(H,22,24). The molecule has 1 amide bonds. The number of carbonyl (C=O) groups is 1. The van der Waals surface area contributed by atoms with E-state index in [0.29, 0.717) is 28.0 Å². The van der Waals surface area contributed by atoms with Gasteiger partial charge in [0.2, 0.25) is 0 Å². The van der Waals surface area contributed by atoms with Crippen molar-refractivity contribution in [1.29, 1.82) is 0 Å². The molecule has 2 aromatic heterocycles. The van der Waals surface area contributed by atoms with Crippen LogP contribution >= 0.6 is 23.2 Å². The lowest BCUT2D eigenvalue weighted by atomic mass is 10.2. The van der Waals surface area contributed by atoms with Gasteiger partial charge in [0, 0.05) is 33.6 Å². The third-order valence-electron chi connectivity index (χ3n) is 3.50. The summed E-state index contributed by atoms with van der Waals surface area (Å²) in [5, 5.41) is 8.15. The highest BCUT2D eigenvalue weighted by Gasteiger charge is 2.12. The van der Waals surface area contributed by atoms with Crippen LogP contribution in [0.4, 0.5) is 5.82 Å². The molecule has 0 fully saturated rings. The summed E-state index contributed by atoms with van der Waals surface area (Å²) in [4.78, 5) is 16.4. The van der Waals surface area contributed by atoms with E-state index in [1.54, 1.807) is 47.3 Å². The molecule has 0 aliphatic carbocycles. The maximum absolute atomic E-state index is 12.3. The van der Waals surface area contributed by atoms with E-state index in [-0.39, 0.29) is 5.91 Å². The van der Waals surface area contributed by atoms with Gasteiger partial charge in [0.15, 0.2) is 0 Å². The van der Waals surface area contributed by atoms with E-state index < -0.39 is 0 Å². The van der Waals surface area contributed by atoms with Gasteiger partial charge in [-0.05, 0) is 31.2 Å². The monoisotopic (exact) mass is 360 g/mol. The zero-order chi connectivity index (χ0) is 17.1. The van der Waals surface area contributed by atoms with Crippen LogP contribution in [0.1, 0.15) is 21.6 Å². The van der Waals surface area contributed by atoms with Crippen LogP contribution in [-0.2, 0) is 6.54 Å². The second kappa shape index (κ2) is 7.03. The Labute approximate surface area is 149 Å². The van der Waals surface area contributed by atoms with E-state index in [1.807, 2.05) is 6.92 Å². The first-order chi connectivity index (χ1) is 11.5. The summed E-state index contributed by atoms with van der Waals surface area (Å²) in [5.74, 6) is 0.297. The van der Waals surface area contributed by atoms with Gasteiger partial charge in [0.1, 0.15) is 5.82 Å². The molecule has 0 bridgehead atoms. The zero-order valence-corrected chi connectivity index (χ0v) is 14.3. The number of pyridine rings is 1. The number of benzene rings is 1. The molecule has 122 valence electrons. The van der Waals surface area contributed by atoms with Crippen molar-refractivity contribution in [1.82, 2.24) is 14.8 Å². The summed E-state index contributed by atoms with van der Waals surface area (Å²) >= 11 is 12.4. The Balaban J connectivity index is 1.80. The van der Waals surface area contributed by atoms with Crippen molar-refractivity contribution in [3.63, 3.8) is 0 Å². The molecule has 1 aromatic carbocycles. The van der Waals surface area contributed by atoms with Crippen LogP contribution < -0.4 is 5.32 Å². The quantitative estimate of drug-likeness (QED) is 0.758. The Hall–Kier alpha value is -2.37. The van der Waals surface area contributed by atoms with Crippen molar-refractivity contribution in [3.8, 4) is 0 Å². The zero-order valence-electron chi connectivity index (χ0n) is 12.8. The Morgan fingerprint density at radius 2 is 1.92 bits per heavy atom. The number of nitrogens with one attached hydrogen (secondary N) is 1. The molecule has 3 aromatic rings. The molecule has 0 saturated heterocycles. The topological polar surface area (TPSA) is 59.8 Å². The number of aromatic nitrogens is 3. The Morgan fingerprint density at radius 3 is 2.58 bits per heavy atom. The minimum atomic E-state index is -0.255. The van der Waals surface area contributed by atoms with Gasteiger partial charge < -0.3 is 5.32 Å². The number of hydrogen-bond donors (Lipinski definition) is 1. The van der Waals surface area contributed by atoms with Crippen LogP contribution in [0.15, 0.2) is 48.8 Å². The van der Waals surface area contributed by atoms with Crippen molar-refractivity contribution in [2.45, 2.75) is 13.5 Å². The molecule has 0 unspecified atom stereocenters. The Morgan fingerprint density at radius 1 is 1.17 bits per heavy atom. The molecule has 7 heteroatoms. The van der Waals surface area contributed by atoms with Gasteiger partial charge in [-0.3, -0.25) is 9.78 Å². The Kier molecular flexibility index (Phi) is 4.83. The highest BCUT2D eigenvalue weighted by atomic mass is 35.5. The summed E-state index contributed by atoms with van der Waals surface area (Å²) in [6, 6.07) is 10.5. The van der Waals surface area contributed by atoms with Crippen LogP contribution in [-0.4, -0.2) is 20.7 Å². The summed E-state index contributed by atoms with van der Waals surface area (Å²) < 4.78 is 1.63. The van der Waals surface area contributed by atoms with Gasteiger partial charge in [-0.25, -0.2) is 4.68 Å². The molecule has 0 aliphatic heterocycles. The number of rotatable bonds is 4. The van der Waals surface area contributed by atoms with Gasteiger partial charge in [-0.1, -0.05) is 29.3 Å². The first-order valence-corrected chi connectivity index (χ1v) is 7.99. The van der Waals surface area contributed by atoms with Gasteiger partial charge in [-0.2, -0.15) is 5.10 Å². The molecule has 0 atom stereocenters. The minimum absolute atomic E-state index is 0.255. The molecule has 0 aliphatic rings. The van der Waals surface area contributed by atoms with E-state index >= 15 is 0 Å². The van der Waals surface area contributed by atoms with Crippen LogP contribution in [0.2, 0.25) is 10.0 Å². The fraction of sp³-hybridized carbons (Fsp3) is 0.118. The normalized spacial score (nSPS) is 10.6. The second-order valence-corrected chi connectivity index (χ2v) is 6.03. The van der Waals surface area contributed by atoms with Crippen molar-refractivity contribution in [2.24, 2.45) is 0 Å². The third kappa shape index (κ3) is 3.58. The largest absolute Gasteiger partial charge is 0.307 e. The first-order valence-electron chi connectivity index (χ1n) is 7.23. The van der Waals surface area contributed by atoms with Crippen LogP contribution in [0.5, 0.6) is 0 Å². The summed E-state index contributed by atoms with van der Waals surface area (Å²) in [6.45, 7) is 2.22. The van der Waals surface area contributed by atoms with Crippen molar-refractivity contribution in [2.75, 3.05) is 5.32 Å². The lowest BCUT2D eigenvalue weighted by molar-refractivity contribution is 0.102. The fourth-order valence-corrected chi connectivity index (χ4v) is 2.71. The SMILES string of the molecule is Cc1ccc(C(=O)Nc2ccnn2Cc2c(Cl)cccc2Cl)cn1. The number of hydrogen-bond acceptors (Lipinski definition) is 3. The summed E-state index contributed by atoms with van der Waals surface area (Å²) in [7, 11) is 0. The highest BCUT2D eigenvalue weighted by Crippen LogP contribution is 2.26. The van der Waals surface area contributed by atoms with Crippen molar-refractivity contribution < 1.29 is 4.79 Å². The van der Waals surface area contributed by atoms with Crippen LogP contribution in [0.3, 0.4) is 0 Å². The number of carbonyl (C=O) groups excluding carboxylic acids is 1. The molecular weight excluding hydrogens is 347 g/mol. The molecule has 0 spiro atoms. The van der Waals surface area contributed by atoms with E-state index in [0.717, 1.165) is 11.3 Å². The number of aryl methyl sites for hydroxylation is 1. The average Bonchev–Trinajstić information content (AvgIpc) is 2.98. The van der Waals surface area contributed by atoms with Crippen molar-refractivity contribution >= 4 is 34.9 Å². The molecule has 5 nitrogen and oxygen atoms in total. The summed E-state index contributed by atoms with van der Waals surface area (Å²) in [6.07, 6.45) is 3.14. The lowest BCUT2D eigenvalue weighted by Gasteiger charge is -2.11. The minimum Gasteiger partial charge on any atom is -0.307 e. The average molecular weight is 361 g/mol. The van der Waals surface area contributed by atoms with E-state index in [4.69, 9.17) is 23.2 Å². The lowest BCUT2D eigenvalue weighted by Crippen LogP contribution is -2.16. The van der Waals surface area contributed by atoms with E-state index in [2.05, 4.69) is 15.4 Å². The molecule has 0 radical (unpaired) electrons. The van der Waals surface area contributed by atoms with E-state index in [9.17, 15) is 4.79 Å². The number of amides is 1. The van der Waals surface area contributed by atoms with Crippen LogP contribution in [0, 0.1) is 6.92 Å². The maximum Gasteiger partial charge on any atom is 0.258 e. The molecular formula is C17H14Cl2N4O. The van der Waals surface area contributed by atoms with Crippen LogP contribution in [0.25, 0.3) is 0 Å². The third-order valence-corrected chi connectivity index (χ3v) is 4.21.